The number of hydrogen-bond acceptors (Lipinski definition) is 2. The van der Waals surface area contributed by atoms with Crippen molar-refractivity contribution in [3.8, 4) is 0 Å². The summed E-state index contributed by atoms with van der Waals surface area (Å²) in [7, 11) is 0. The van der Waals surface area contributed by atoms with E-state index in [9.17, 15) is 5.11 Å². The van der Waals surface area contributed by atoms with E-state index in [-0.39, 0.29) is 17.7 Å². The van der Waals surface area contributed by atoms with Crippen LogP contribution in [0.3, 0.4) is 0 Å². The molecule has 2 heteroatoms. The van der Waals surface area contributed by atoms with E-state index in [2.05, 4.69) is 67.3 Å². The van der Waals surface area contributed by atoms with E-state index in [0.29, 0.717) is 0 Å². The van der Waals surface area contributed by atoms with Crippen LogP contribution >= 0.6 is 0 Å². The second-order valence-corrected chi connectivity index (χ2v) is 6.61. The number of aliphatic hydroxyl groups is 1. The highest BCUT2D eigenvalue weighted by Crippen LogP contribution is 2.64. The van der Waals surface area contributed by atoms with Gasteiger partial charge < -0.3 is 5.11 Å². The van der Waals surface area contributed by atoms with Crippen LogP contribution in [0.5, 0.6) is 0 Å². The normalized spacial score (nSPS) is 28.7. The third-order valence-corrected chi connectivity index (χ3v) is 5.85. The van der Waals surface area contributed by atoms with Crippen molar-refractivity contribution in [2.45, 2.75) is 37.8 Å². The molecule has 0 aromatic heterocycles. The summed E-state index contributed by atoms with van der Waals surface area (Å²) in [6.07, 6.45) is 1.88. The molecule has 114 valence electrons. The molecule has 0 atom stereocenters. The molecule has 22 heavy (non-hydrogen) atoms. The van der Waals surface area contributed by atoms with E-state index in [1.165, 1.54) is 22.3 Å². The summed E-state index contributed by atoms with van der Waals surface area (Å²) >= 11 is 0. The molecule has 2 aromatic carbocycles. The van der Waals surface area contributed by atoms with Crippen molar-refractivity contribution in [1.82, 2.24) is 4.90 Å². The molecule has 0 saturated heterocycles. The molecule has 2 heterocycles. The van der Waals surface area contributed by atoms with Crippen LogP contribution in [0.2, 0.25) is 0 Å². The summed E-state index contributed by atoms with van der Waals surface area (Å²) in [4.78, 5) is 2.63. The van der Waals surface area contributed by atoms with Crippen molar-refractivity contribution < 1.29 is 5.11 Å². The second kappa shape index (κ2) is 4.68. The van der Waals surface area contributed by atoms with Crippen molar-refractivity contribution >= 4 is 0 Å². The number of benzene rings is 2. The molecule has 4 rings (SSSR count). The lowest BCUT2D eigenvalue weighted by Gasteiger charge is -2.38. The molecule has 2 nitrogen and oxygen atoms in total. The molecule has 1 N–H and O–H groups in total. The summed E-state index contributed by atoms with van der Waals surface area (Å²) in [6.45, 7) is 5.81. The fourth-order valence-electron chi connectivity index (χ4n) is 5.01. The van der Waals surface area contributed by atoms with Crippen molar-refractivity contribution in [3.05, 3.63) is 70.8 Å². The van der Waals surface area contributed by atoms with E-state index in [4.69, 9.17) is 0 Å². The largest absolute Gasteiger partial charge is 0.396 e. The third kappa shape index (κ3) is 1.38. The van der Waals surface area contributed by atoms with Gasteiger partial charge in [-0.1, -0.05) is 55.5 Å². The van der Waals surface area contributed by atoms with Gasteiger partial charge in [-0.05, 0) is 42.0 Å². The maximum Gasteiger partial charge on any atom is 0.0729 e. The molecule has 2 aliphatic heterocycles. The number of aliphatic hydroxyl groups excluding tert-OH is 1. The number of hydrogen-bond donors (Lipinski definition) is 1. The minimum atomic E-state index is -0.0711. The first kappa shape index (κ1) is 14.0. The first-order valence-electron chi connectivity index (χ1n) is 8.30. The van der Waals surface area contributed by atoms with Crippen molar-refractivity contribution in [2.24, 2.45) is 0 Å². The SMILES string of the molecule is CCC12c3ccccc3C(C)(c3ccccc31)N2CCCO. The summed E-state index contributed by atoms with van der Waals surface area (Å²) in [5.41, 5.74) is 5.69. The summed E-state index contributed by atoms with van der Waals surface area (Å²) in [6, 6.07) is 17.8. The zero-order chi connectivity index (χ0) is 15.4. The van der Waals surface area contributed by atoms with E-state index >= 15 is 0 Å². The molecular formula is C20H23NO. The van der Waals surface area contributed by atoms with Crippen LogP contribution in [0.25, 0.3) is 0 Å². The van der Waals surface area contributed by atoms with E-state index in [0.717, 1.165) is 19.4 Å². The Hall–Kier alpha value is -1.64. The number of rotatable bonds is 4. The molecule has 2 aromatic rings. The maximum atomic E-state index is 9.37. The zero-order valence-electron chi connectivity index (χ0n) is 13.3. The average Bonchev–Trinajstić information content (AvgIpc) is 2.93. The van der Waals surface area contributed by atoms with Crippen molar-refractivity contribution in [1.29, 1.82) is 0 Å². The molecule has 0 aliphatic carbocycles. The Kier molecular flexibility index (Phi) is 2.97. The highest BCUT2D eigenvalue weighted by molar-refractivity contribution is 5.64. The van der Waals surface area contributed by atoms with Crippen LogP contribution in [0.4, 0.5) is 0 Å². The Morgan fingerprint density at radius 3 is 1.86 bits per heavy atom. The smallest absolute Gasteiger partial charge is 0.0729 e. The molecule has 0 fully saturated rings. The molecule has 2 bridgehead atoms. The fourth-order valence-corrected chi connectivity index (χ4v) is 5.01. The third-order valence-electron chi connectivity index (χ3n) is 5.85. The Morgan fingerprint density at radius 1 is 0.909 bits per heavy atom. The van der Waals surface area contributed by atoms with Gasteiger partial charge in [-0.2, -0.15) is 0 Å². The lowest BCUT2D eigenvalue weighted by atomic mass is 9.72. The predicted octanol–water partition coefficient (Wildman–Crippen LogP) is 3.62. The molecular weight excluding hydrogens is 270 g/mol. The van der Waals surface area contributed by atoms with Gasteiger partial charge in [0.2, 0.25) is 0 Å². The van der Waals surface area contributed by atoms with Crippen molar-refractivity contribution in [3.63, 3.8) is 0 Å². The van der Waals surface area contributed by atoms with Gasteiger partial charge in [0.1, 0.15) is 0 Å². The lowest BCUT2D eigenvalue weighted by Crippen LogP contribution is -2.44. The summed E-state index contributed by atoms with van der Waals surface area (Å²) in [5.74, 6) is 0. The van der Waals surface area contributed by atoms with Crippen LogP contribution in [-0.4, -0.2) is 23.2 Å². The molecule has 0 amide bonds. The predicted molar refractivity (Wildman–Crippen MR) is 88.8 cm³/mol. The first-order chi connectivity index (χ1) is 10.7. The van der Waals surface area contributed by atoms with Crippen LogP contribution in [-0.2, 0) is 11.1 Å². The van der Waals surface area contributed by atoms with Crippen LogP contribution in [0, 0.1) is 0 Å². The van der Waals surface area contributed by atoms with Gasteiger partial charge in [0.25, 0.3) is 0 Å². The Labute approximate surface area is 132 Å². The van der Waals surface area contributed by atoms with Gasteiger partial charge in [-0.3, -0.25) is 4.90 Å². The molecule has 0 spiro atoms. The first-order valence-corrected chi connectivity index (χ1v) is 8.30. The van der Waals surface area contributed by atoms with Crippen LogP contribution in [0.1, 0.15) is 48.9 Å². The lowest BCUT2D eigenvalue weighted by molar-refractivity contribution is 0.0739. The van der Waals surface area contributed by atoms with Gasteiger partial charge in [0.05, 0.1) is 11.1 Å². The van der Waals surface area contributed by atoms with Crippen LogP contribution < -0.4 is 0 Å². The zero-order valence-corrected chi connectivity index (χ0v) is 13.3. The van der Waals surface area contributed by atoms with Gasteiger partial charge in [-0.25, -0.2) is 0 Å². The maximum absolute atomic E-state index is 9.37. The van der Waals surface area contributed by atoms with E-state index in [1.807, 2.05) is 0 Å². The van der Waals surface area contributed by atoms with Gasteiger partial charge in [-0.15, -0.1) is 0 Å². The summed E-state index contributed by atoms with van der Waals surface area (Å²) in [5, 5.41) is 9.37. The van der Waals surface area contributed by atoms with E-state index in [1.54, 1.807) is 0 Å². The van der Waals surface area contributed by atoms with Gasteiger partial charge in [0.15, 0.2) is 0 Å². The standard InChI is InChI=1S/C20H23NO/c1-3-20-17-11-6-4-9-15(17)19(2,21(20)13-8-14-22)16-10-5-7-12-18(16)20/h4-7,9-12,22H,3,8,13-14H2,1-2H3. The minimum Gasteiger partial charge on any atom is -0.396 e. The highest BCUT2D eigenvalue weighted by Gasteiger charge is 2.62. The van der Waals surface area contributed by atoms with Gasteiger partial charge >= 0.3 is 0 Å². The minimum absolute atomic E-state index is 0.0306. The monoisotopic (exact) mass is 293 g/mol. The second-order valence-electron chi connectivity index (χ2n) is 6.61. The van der Waals surface area contributed by atoms with Gasteiger partial charge in [0, 0.05) is 13.2 Å². The highest BCUT2D eigenvalue weighted by atomic mass is 16.3. The van der Waals surface area contributed by atoms with Crippen LogP contribution in [0.15, 0.2) is 48.5 Å². The molecule has 0 saturated carbocycles. The van der Waals surface area contributed by atoms with Crippen molar-refractivity contribution in [2.75, 3.05) is 13.2 Å². The number of fused-ring (bicyclic) bond motifs is 8. The molecule has 0 radical (unpaired) electrons. The molecule has 0 unspecified atom stereocenters. The fraction of sp³-hybridized carbons (Fsp3) is 0.400. The quantitative estimate of drug-likeness (QED) is 0.931. The Morgan fingerprint density at radius 2 is 1.41 bits per heavy atom. The Bertz CT molecular complexity index is 674. The molecule has 2 aliphatic rings. The Balaban J connectivity index is 2.03. The number of nitrogens with zero attached hydrogens (tertiary/aromatic N) is 1. The average molecular weight is 293 g/mol. The topological polar surface area (TPSA) is 23.5 Å². The van der Waals surface area contributed by atoms with E-state index < -0.39 is 0 Å². The summed E-state index contributed by atoms with van der Waals surface area (Å²) < 4.78 is 0.